The number of hydrogen-bond acceptors (Lipinski definition) is 3. The van der Waals surface area contributed by atoms with Crippen LogP contribution in [0, 0.1) is 5.92 Å². The van der Waals surface area contributed by atoms with Crippen molar-refractivity contribution in [3.05, 3.63) is 0 Å². The van der Waals surface area contributed by atoms with E-state index >= 15 is 0 Å². The van der Waals surface area contributed by atoms with Crippen LogP contribution in [0.1, 0.15) is 6.92 Å². The van der Waals surface area contributed by atoms with Crippen molar-refractivity contribution >= 4 is 6.03 Å². The molecule has 0 aromatic heterocycles. The van der Waals surface area contributed by atoms with Crippen LogP contribution in [0.15, 0.2) is 0 Å². The van der Waals surface area contributed by atoms with Crippen molar-refractivity contribution in [1.29, 1.82) is 0 Å². The summed E-state index contributed by atoms with van der Waals surface area (Å²) in [7, 11) is 0. The van der Waals surface area contributed by atoms with Crippen LogP contribution in [0.5, 0.6) is 0 Å². The van der Waals surface area contributed by atoms with Gasteiger partial charge in [-0.25, -0.2) is 4.79 Å². The largest absolute Gasteiger partial charge is 0.378 e. The first-order chi connectivity index (χ1) is 6.74. The van der Waals surface area contributed by atoms with E-state index in [9.17, 15) is 4.79 Å². The van der Waals surface area contributed by atoms with Gasteiger partial charge in [0.05, 0.1) is 13.2 Å². The number of nitrogens with two attached hydrogens (primary N) is 1. The van der Waals surface area contributed by atoms with Gasteiger partial charge in [-0.2, -0.15) is 0 Å². The van der Waals surface area contributed by atoms with Crippen LogP contribution in [0.25, 0.3) is 0 Å². The van der Waals surface area contributed by atoms with Crippen LogP contribution >= 0.6 is 0 Å². The molecule has 1 aliphatic rings. The molecule has 0 bridgehead atoms. The van der Waals surface area contributed by atoms with Crippen molar-refractivity contribution in [3.63, 3.8) is 0 Å². The smallest absolute Gasteiger partial charge is 0.317 e. The van der Waals surface area contributed by atoms with Crippen LogP contribution in [0.2, 0.25) is 0 Å². The fraction of sp³-hybridized carbons (Fsp3) is 0.889. The standard InChI is InChI=1S/C9H19N3O2/c1-8(6-10)7-11-9(13)12-2-4-14-5-3-12/h8H,2-7,10H2,1H3,(H,11,13). The molecule has 0 radical (unpaired) electrons. The van der Waals surface area contributed by atoms with Gasteiger partial charge in [-0.1, -0.05) is 6.92 Å². The number of amides is 2. The molecule has 5 heteroatoms. The number of rotatable bonds is 3. The predicted octanol–water partition coefficient (Wildman–Crippen LogP) is -0.377. The normalized spacial score (nSPS) is 19.1. The number of hydrogen-bond donors (Lipinski definition) is 2. The van der Waals surface area contributed by atoms with E-state index in [1.165, 1.54) is 0 Å². The summed E-state index contributed by atoms with van der Waals surface area (Å²) in [5.41, 5.74) is 5.45. The summed E-state index contributed by atoms with van der Waals surface area (Å²) in [4.78, 5) is 13.3. The average molecular weight is 201 g/mol. The van der Waals surface area contributed by atoms with E-state index in [4.69, 9.17) is 10.5 Å². The van der Waals surface area contributed by atoms with Crippen molar-refractivity contribution in [3.8, 4) is 0 Å². The first-order valence-corrected chi connectivity index (χ1v) is 5.04. The van der Waals surface area contributed by atoms with Crippen LogP contribution in [-0.4, -0.2) is 50.3 Å². The summed E-state index contributed by atoms with van der Waals surface area (Å²) in [5, 5.41) is 2.85. The summed E-state index contributed by atoms with van der Waals surface area (Å²) >= 11 is 0. The first kappa shape index (κ1) is 11.3. The number of ether oxygens (including phenoxy) is 1. The maximum absolute atomic E-state index is 11.5. The van der Waals surface area contributed by atoms with E-state index in [0.717, 1.165) is 0 Å². The van der Waals surface area contributed by atoms with Gasteiger partial charge in [0.25, 0.3) is 0 Å². The van der Waals surface area contributed by atoms with Gasteiger partial charge in [0.2, 0.25) is 0 Å². The quantitative estimate of drug-likeness (QED) is 0.654. The highest BCUT2D eigenvalue weighted by atomic mass is 16.5. The van der Waals surface area contributed by atoms with E-state index in [-0.39, 0.29) is 6.03 Å². The minimum atomic E-state index is -0.00593. The lowest BCUT2D eigenvalue weighted by atomic mass is 10.2. The third-order valence-electron chi connectivity index (χ3n) is 2.30. The molecule has 0 saturated carbocycles. The molecule has 0 aliphatic carbocycles. The highest BCUT2D eigenvalue weighted by Gasteiger charge is 2.16. The van der Waals surface area contributed by atoms with Crippen LogP contribution in [-0.2, 0) is 4.74 Å². The molecule has 1 saturated heterocycles. The lowest BCUT2D eigenvalue weighted by Gasteiger charge is -2.27. The van der Waals surface area contributed by atoms with Gasteiger partial charge in [-0.15, -0.1) is 0 Å². The molecule has 3 N–H and O–H groups in total. The Morgan fingerprint density at radius 1 is 1.57 bits per heavy atom. The van der Waals surface area contributed by atoms with Crippen molar-refractivity contribution in [2.75, 3.05) is 39.4 Å². The molecule has 1 aliphatic heterocycles. The molecular weight excluding hydrogens is 182 g/mol. The van der Waals surface area contributed by atoms with Gasteiger partial charge >= 0.3 is 6.03 Å². The average Bonchev–Trinajstić information content (AvgIpc) is 2.26. The number of nitrogens with zero attached hydrogens (tertiary/aromatic N) is 1. The second kappa shape index (κ2) is 5.82. The highest BCUT2D eigenvalue weighted by molar-refractivity contribution is 5.74. The van der Waals surface area contributed by atoms with Crippen molar-refractivity contribution in [1.82, 2.24) is 10.2 Å². The Balaban J connectivity index is 2.19. The SMILES string of the molecule is CC(CN)CNC(=O)N1CCOCC1. The lowest BCUT2D eigenvalue weighted by Crippen LogP contribution is -2.47. The molecule has 0 aromatic carbocycles. The van der Waals surface area contributed by atoms with Crippen LogP contribution in [0.3, 0.4) is 0 Å². The minimum absolute atomic E-state index is 0.00593. The number of morpholine rings is 1. The zero-order valence-electron chi connectivity index (χ0n) is 8.66. The molecule has 1 fully saturated rings. The van der Waals surface area contributed by atoms with Gasteiger partial charge < -0.3 is 20.7 Å². The molecule has 1 atom stereocenters. The fourth-order valence-electron chi connectivity index (χ4n) is 1.22. The Hall–Kier alpha value is -0.810. The number of carbonyl (C=O) groups is 1. The topological polar surface area (TPSA) is 67.6 Å². The number of nitrogens with one attached hydrogen (secondary N) is 1. The third kappa shape index (κ3) is 3.51. The van der Waals surface area contributed by atoms with E-state index in [0.29, 0.717) is 45.3 Å². The minimum Gasteiger partial charge on any atom is -0.378 e. The number of urea groups is 1. The Labute approximate surface area is 84.6 Å². The van der Waals surface area contributed by atoms with Gasteiger partial charge in [0, 0.05) is 19.6 Å². The summed E-state index contributed by atoms with van der Waals surface area (Å²) in [5.74, 6) is 0.333. The van der Waals surface area contributed by atoms with Gasteiger partial charge in [0.1, 0.15) is 0 Å². The lowest BCUT2D eigenvalue weighted by molar-refractivity contribution is 0.0530. The Bertz CT molecular complexity index is 181. The van der Waals surface area contributed by atoms with Gasteiger partial charge in [-0.3, -0.25) is 0 Å². The van der Waals surface area contributed by atoms with E-state index in [1.807, 2.05) is 6.92 Å². The van der Waals surface area contributed by atoms with Crippen molar-refractivity contribution < 1.29 is 9.53 Å². The molecule has 14 heavy (non-hydrogen) atoms. The van der Waals surface area contributed by atoms with E-state index < -0.39 is 0 Å². The molecule has 0 aromatic rings. The molecule has 2 amide bonds. The second-order valence-corrected chi connectivity index (χ2v) is 3.63. The predicted molar refractivity (Wildman–Crippen MR) is 54.0 cm³/mol. The zero-order chi connectivity index (χ0) is 10.4. The molecule has 5 nitrogen and oxygen atoms in total. The van der Waals surface area contributed by atoms with Crippen LogP contribution in [0.4, 0.5) is 4.79 Å². The fourth-order valence-corrected chi connectivity index (χ4v) is 1.22. The molecular formula is C9H19N3O2. The van der Waals surface area contributed by atoms with E-state index in [1.54, 1.807) is 4.90 Å². The summed E-state index contributed by atoms with van der Waals surface area (Å²) in [6, 6.07) is -0.00593. The Morgan fingerprint density at radius 2 is 2.21 bits per heavy atom. The molecule has 1 unspecified atom stereocenters. The maximum atomic E-state index is 11.5. The Kier molecular flexibility index (Phi) is 4.69. The zero-order valence-corrected chi connectivity index (χ0v) is 8.66. The second-order valence-electron chi connectivity index (χ2n) is 3.63. The number of carbonyl (C=O) groups excluding carboxylic acids is 1. The Morgan fingerprint density at radius 3 is 2.79 bits per heavy atom. The summed E-state index contributed by atoms with van der Waals surface area (Å²) < 4.78 is 5.15. The van der Waals surface area contributed by atoms with E-state index in [2.05, 4.69) is 5.32 Å². The maximum Gasteiger partial charge on any atom is 0.317 e. The first-order valence-electron chi connectivity index (χ1n) is 5.04. The van der Waals surface area contributed by atoms with Gasteiger partial charge in [-0.05, 0) is 12.5 Å². The summed E-state index contributed by atoms with van der Waals surface area (Å²) in [6.45, 7) is 5.90. The molecule has 1 heterocycles. The third-order valence-corrected chi connectivity index (χ3v) is 2.30. The summed E-state index contributed by atoms with van der Waals surface area (Å²) in [6.07, 6.45) is 0. The van der Waals surface area contributed by atoms with Crippen molar-refractivity contribution in [2.24, 2.45) is 11.7 Å². The highest BCUT2D eigenvalue weighted by Crippen LogP contribution is 1.97. The molecule has 0 spiro atoms. The van der Waals surface area contributed by atoms with Crippen molar-refractivity contribution in [2.45, 2.75) is 6.92 Å². The monoisotopic (exact) mass is 201 g/mol. The molecule has 82 valence electrons. The molecule has 1 rings (SSSR count). The van der Waals surface area contributed by atoms with Crippen LogP contribution < -0.4 is 11.1 Å². The van der Waals surface area contributed by atoms with Gasteiger partial charge in [0.15, 0.2) is 0 Å².